The first-order chi connectivity index (χ1) is 20.2. The van der Waals surface area contributed by atoms with Crippen LogP contribution in [0.3, 0.4) is 0 Å². The Morgan fingerprint density at radius 1 is 1.12 bits per heavy atom. The van der Waals surface area contributed by atoms with Gasteiger partial charge in [0.05, 0.1) is 31.5 Å². The molecule has 2 amide bonds. The van der Waals surface area contributed by atoms with Crippen LogP contribution in [-0.2, 0) is 9.53 Å². The minimum atomic E-state index is -1.16. The molecule has 0 bridgehead atoms. The Hall–Kier alpha value is -5.10. The minimum Gasteiger partial charge on any atom is -0.490 e. The Morgan fingerprint density at radius 3 is 2.57 bits per heavy atom. The number of aliphatic hydroxyl groups is 1. The van der Waals surface area contributed by atoms with Gasteiger partial charge in [0, 0.05) is 16.8 Å². The summed E-state index contributed by atoms with van der Waals surface area (Å²) in [5.41, 5.74) is 5.23. The SMILES string of the molecule is CCOc1cc([C@H]2NC(=O)NC(C)=C2C(=O)OC)ccc1OC[C@H](O)N/N=C/c1ccc(-c2ccc(C(C)=O)cc2)o1. The standard InChI is InChI=1S/C30H32N4O8/c1-5-40-25-14-21(28-27(29(37)39-4)17(2)32-30(38)33-28)10-12-24(25)41-16-26(36)34-31-15-22-11-13-23(42-22)20-8-6-19(7-9-20)18(3)35/h6-15,26,28,34,36H,5,16H2,1-4H3,(H2,32,33,38)/b31-15+/t26-,28+/m0/s1. The number of nitrogens with one attached hydrogen (secondary N) is 3. The third-order valence-electron chi connectivity index (χ3n) is 6.29. The lowest BCUT2D eigenvalue weighted by Gasteiger charge is -2.28. The second-order valence-corrected chi connectivity index (χ2v) is 9.25. The number of carbonyl (C=O) groups excluding carboxylic acids is 3. The van der Waals surface area contributed by atoms with E-state index in [9.17, 15) is 19.5 Å². The van der Waals surface area contributed by atoms with Crippen molar-refractivity contribution in [2.45, 2.75) is 33.0 Å². The zero-order chi connectivity index (χ0) is 30.2. The van der Waals surface area contributed by atoms with E-state index < -0.39 is 24.3 Å². The average molecular weight is 577 g/mol. The summed E-state index contributed by atoms with van der Waals surface area (Å²) in [4.78, 5) is 36.0. The number of ether oxygens (including phenoxy) is 3. The number of ketones is 1. The van der Waals surface area contributed by atoms with E-state index in [2.05, 4.69) is 21.2 Å². The Labute approximate surface area is 242 Å². The summed E-state index contributed by atoms with van der Waals surface area (Å²) in [6.45, 7) is 5.10. The number of aliphatic hydroxyl groups excluding tert-OH is 1. The molecular formula is C30H32N4O8. The highest BCUT2D eigenvalue weighted by molar-refractivity contribution is 5.95. The summed E-state index contributed by atoms with van der Waals surface area (Å²) in [6.07, 6.45) is 0.253. The number of Topliss-reactive ketones (excluding diaryl/α,β-unsaturated/α-hetero) is 1. The van der Waals surface area contributed by atoms with E-state index in [0.29, 0.717) is 46.5 Å². The number of rotatable bonds is 12. The molecule has 0 saturated heterocycles. The predicted octanol–water partition coefficient (Wildman–Crippen LogP) is 3.67. The first kappa shape index (κ1) is 29.9. The van der Waals surface area contributed by atoms with E-state index in [1.165, 1.54) is 20.2 Å². The topological polar surface area (TPSA) is 161 Å². The highest BCUT2D eigenvalue weighted by Gasteiger charge is 2.32. The van der Waals surface area contributed by atoms with Gasteiger partial charge in [0.15, 0.2) is 23.5 Å². The second kappa shape index (κ2) is 13.5. The summed E-state index contributed by atoms with van der Waals surface area (Å²) in [7, 11) is 1.27. The van der Waals surface area contributed by atoms with Crippen molar-refractivity contribution in [1.82, 2.24) is 16.1 Å². The van der Waals surface area contributed by atoms with Crippen molar-refractivity contribution in [2.24, 2.45) is 5.10 Å². The van der Waals surface area contributed by atoms with Gasteiger partial charge >= 0.3 is 12.0 Å². The van der Waals surface area contributed by atoms with Crippen molar-refractivity contribution in [1.29, 1.82) is 0 Å². The molecule has 4 N–H and O–H groups in total. The third kappa shape index (κ3) is 7.15. The van der Waals surface area contributed by atoms with E-state index in [1.54, 1.807) is 68.4 Å². The van der Waals surface area contributed by atoms with Crippen LogP contribution in [0.5, 0.6) is 11.5 Å². The van der Waals surface area contributed by atoms with Gasteiger partial charge in [0.25, 0.3) is 0 Å². The normalized spacial score (nSPS) is 15.5. The van der Waals surface area contributed by atoms with Crippen LogP contribution in [0.15, 0.2) is 75.4 Å². The number of hydrogen-bond acceptors (Lipinski definition) is 10. The fraction of sp³-hybridized carbons (Fsp3) is 0.267. The van der Waals surface area contributed by atoms with Crippen LogP contribution in [0.2, 0.25) is 0 Å². The maximum atomic E-state index is 12.4. The van der Waals surface area contributed by atoms with Crippen molar-refractivity contribution in [2.75, 3.05) is 20.3 Å². The summed E-state index contributed by atoms with van der Waals surface area (Å²) in [5, 5.41) is 19.7. The van der Waals surface area contributed by atoms with Crippen LogP contribution in [0.4, 0.5) is 4.79 Å². The number of amides is 2. The molecule has 0 spiro atoms. The number of benzene rings is 2. The molecule has 0 fully saturated rings. The lowest BCUT2D eigenvalue weighted by Crippen LogP contribution is -2.45. The molecule has 1 aliphatic heterocycles. The maximum Gasteiger partial charge on any atom is 0.337 e. The fourth-order valence-corrected chi connectivity index (χ4v) is 4.26. The molecule has 0 radical (unpaired) electrons. The van der Waals surface area contributed by atoms with Gasteiger partial charge in [-0.2, -0.15) is 5.10 Å². The molecule has 0 aliphatic carbocycles. The maximum absolute atomic E-state index is 12.4. The number of hydrazone groups is 1. The van der Waals surface area contributed by atoms with Gasteiger partial charge in [-0.3, -0.25) is 10.2 Å². The quantitative estimate of drug-likeness (QED) is 0.0829. The molecule has 0 unspecified atom stereocenters. The molecule has 0 saturated carbocycles. The van der Waals surface area contributed by atoms with Gasteiger partial charge in [-0.05, 0) is 50.6 Å². The third-order valence-corrected chi connectivity index (χ3v) is 6.29. The van der Waals surface area contributed by atoms with Crippen LogP contribution >= 0.6 is 0 Å². The van der Waals surface area contributed by atoms with Gasteiger partial charge < -0.3 is 34.4 Å². The first-order valence-corrected chi connectivity index (χ1v) is 13.1. The largest absolute Gasteiger partial charge is 0.490 e. The molecule has 2 atom stereocenters. The lowest BCUT2D eigenvalue weighted by molar-refractivity contribution is -0.136. The van der Waals surface area contributed by atoms with Gasteiger partial charge in [-0.1, -0.05) is 30.3 Å². The van der Waals surface area contributed by atoms with Crippen LogP contribution in [0.1, 0.15) is 48.5 Å². The summed E-state index contributed by atoms with van der Waals surface area (Å²) >= 11 is 0. The van der Waals surface area contributed by atoms with Crippen molar-refractivity contribution in [3.63, 3.8) is 0 Å². The fourth-order valence-electron chi connectivity index (χ4n) is 4.26. The molecule has 220 valence electrons. The molecule has 12 nitrogen and oxygen atoms in total. The van der Waals surface area contributed by atoms with Crippen molar-refractivity contribution in [3.8, 4) is 22.8 Å². The molecule has 2 aromatic carbocycles. The van der Waals surface area contributed by atoms with Crippen LogP contribution in [0.25, 0.3) is 11.3 Å². The zero-order valence-corrected chi connectivity index (χ0v) is 23.6. The molecule has 1 aromatic heterocycles. The van der Waals surface area contributed by atoms with Gasteiger partial charge in [-0.15, -0.1) is 0 Å². The Morgan fingerprint density at radius 2 is 1.88 bits per heavy atom. The number of hydrogen-bond donors (Lipinski definition) is 4. The molecule has 12 heteroatoms. The van der Waals surface area contributed by atoms with E-state index >= 15 is 0 Å². The van der Waals surface area contributed by atoms with Crippen molar-refractivity contribution < 1.29 is 38.1 Å². The number of allylic oxidation sites excluding steroid dienone is 1. The monoisotopic (exact) mass is 576 g/mol. The second-order valence-electron chi connectivity index (χ2n) is 9.25. The number of urea groups is 1. The van der Waals surface area contributed by atoms with Crippen molar-refractivity contribution >= 4 is 24.0 Å². The molecule has 42 heavy (non-hydrogen) atoms. The smallest absolute Gasteiger partial charge is 0.337 e. The highest BCUT2D eigenvalue weighted by atomic mass is 16.5. The summed E-state index contributed by atoms with van der Waals surface area (Å²) < 4.78 is 22.1. The highest BCUT2D eigenvalue weighted by Crippen LogP contribution is 2.35. The number of furan rings is 1. The van der Waals surface area contributed by atoms with E-state index in [-0.39, 0.29) is 18.0 Å². The minimum absolute atomic E-state index is 0.0116. The van der Waals surface area contributed by atoms with Crippen molar-refractivity contribution in [3.05, 3.63) is 82.8 Å². The summed E-state index contributed by atoms with van der Waals surface area (Å²) in [5.74, 6) is 1.18. The number of carbonyl (C=O) groups is 3. The van der Waals surface area contributed by atoms with Crippen LogP contribution in [-0.4, -0.2) is 55.7 Å². The number of nitrogens with zero attached hydrogens (tertiary/aromatic N) is 1. The van der Waals surface area contributed by atoms with E-state index in [1.807, 2.05) is 0 Å². The van der Waals surface area contributed by atoms with Gasteiger partial charge in [0.1, 0.15) is 18.1 Å². The van der Waals surface area contributed by atoms with Crippen LogP contribution in [0, 0.1) is 0 Å². The molecular weight excluding hydrogens is 544 g/mol. The Kier molecular flexibility index (Phi) is 9.61. The van der Waals surface area contributed by atoms with E-state index in [0.717, 1.165) is 5.56 Å². The molecule has 1 aliphatic rings. The molecule has 2 heterocycles. The lowest BCUT2D eigenvalue weighted by atomic mass is 9.95. The Balaban J connectivity index is 1.38. The number of esters is 1. The van der Waals surface area contributed by atoms with E-state index in [4.69, 9.17) is 18.6 Å². The molecule has 4 rings (SSSR count). The molecule has 3 aromatic rings. The average Bonchev–Trinajstić information content (AvgIpc) is 3.45. The zero-order valence-electron chi connectivity index (χ0n) is 23.6. The number of methoxy groups -OCH3 is 1. The van der Waals surface area contributed by atoms with Gasteiger partial charge in [-0.25, -0.2) is 9.59 Å². The van der Waals surface area contributed by atoms with Gasteiger partial charge in [0.2, 0.25) is 0 Å². The predicted molar refractivity (Wildman–Crippen MR) is 153 cm³/mol. The first-order valence-electron chi connectivity index (χ1n) is 13.1. The Bertz CT molecular complexity index is 1510. The summed E-state index contributed by atoms with van der Waals surface area (Å²) in [6, 6.07) is 14.3. The van der Waals surface area contributed by atoms with Crippen LogP contribution < -0.4 is 25.5 Å².